The van der Waals surface area contributed by atoms with Crippen LogP contribution in [0, 0.1) is 0 Å². The highest BCUT2D eigenvalue weighted by molar-refractivity contribution is 7.91. The second kappa shape index (κ2) is 6.23. The zero-order valence-corrected chi connectivity index (χ0v) is 16.0. The first-order valence-electron chi connectivity index (χ1n) is 7.85. The van der Waals surface area contributed by atoms with Crippen LogP contribution in [0.3, 0.4) is 0 Å². The van der Waals surface area contributed by atoms with Gasteiger partial charge in [-0.15, -0.1) is 0 Å². The predicted molar refractivity (Wildman–Crippen MR) is 105 cm³/mol. The first-order valence-corrected chi connectivity index (χ1v) is 10.3. The lowest BCUT2D eigenvalue weighted by atomic mass is 10.0. The largest absolute Gasteiger partial charge is 0.337 e. The fourth-order valence-electron chi connectivity index (χ4n) is 2.97. The van der Waals surface area contributed by atoms with Crippen LogP contribution in [-0.2, 0) is 9.84 Å². The SMILES string of the molecule is CCS(=O)(=O)c1cccc(-c2cnc(Cl)c3[nH]c4ncc(Cl)cc4c23)c1. The maximum atomic E-state index is 12.2. The highest BCUT2D eigenvalue weighted by atomic mass is 35.5. The Labute approximate surface area is 159 Å². The van der Waals surface area contributed by atoms with Crippen LogP contribution >= 0.6 is 23.2 Å². The molecule has 4 rings (SSSR count). The molecular formula is C18H13Cl2N3O2S. The van der Waals surface area contributed by atoms with E-state index >= 15 is 0 Å². The van der Waals surface area contributed by atoms with Crippen molar-refractivity contribution in [1.29, 1.82) is 0 Å². The molecule has 0 aliphatic rings. The first-order chi connectivity index (χ1) is 12.4. The Hall–Kier alpha value is -2.15. The monoisotopic (exact) mass is 405 g/mol. The fourth-order valence-corrected chi connectivity index (χ4v) is 4.25. The number of benzene rings is 1. The number of halogens is 2. The third-order valence-corrected chi connectivity index (χ3v) is 6.51. The molecular weight excluding hydrogens is 393 g/mol. The van der Waals surface area contributed by atoms with Crippen LogP contribution in [0.25, 0.3) is 33.1 Å². The minimum absolute atomic E-state index is 0.0390. The number of pyridine rings is 2. The summed E-state index contributed by atoms with van der Waals surface area (Å²) in [7, 11) is -3.31. The predicted octanol–water partition coefficient (Wildman–Crippen LogP) is 4.88. The maximum absolute atomic E-state index is 12.2. The average Bonchev–Trinajstić information content (AvgIpc) is 3.02. The second-order valence-electron chi connectivity index (χ2n) is 5.82. The molecule has 26 heavy (non-hydrogen) atoms. The van der Waals surface area contributed by atoms with E-state index in [0.717, 1.165) is 21.9 Å². The molecule has 0 fully saturated rings. The van der Waals surface area contributed by atoms with Crippen LogP contribution in [0.4, 0.5) is 0 Å². The van der Waals surface area contributed by atoms with Crippen molar-refractivity contribution in [2.45, 2.75) is 11.8 Å². The zero-order chi connectivity index (χ0) is 18.5. The third kappa shape index (κ3) is 2.74. The van der Waals surface area contributed by atoms with Crippen molar-refractivity contribution in [1.82, 2.24) is 15.0 Å². The molecule has 0 bridgehead atoms. The van der Waals surface area contributed by atoms with Gasteiger partial charge >= 0.3 is 0 Å². The van der Waals surface area contributed by atoms with Crippen LogP contribution in [0.15, 0.2) is 47.6 Å². The molecule has 132 valence electrons. The summed E-state index contributed by atoms with van der Waals surface area (Å²) in [6, 6.07) is 8.61. The molecule has 1 aromatic carbocycles. The Morgan fingerprint density at radius 1 is 1.12 bits per heavy atom. The lowest BCUT2D eigenvalue weighted by Crippen LogP contribution is -2.03. The minimum Gasteiger partial charge on any atom is -0.337 e. The Kier molecular flexibility index (Phi) is 4.14. The molecule has 0 atom stereocenters. The third-order valence-electron chi connectivity index (χ3n) is 4.28. The summed E-state index contributed by atoms with van der Waals surface area (Å²) in [4.78, 5) is 12.0. The quantitative estimate of drug-likeness (QED) is 0.492. The lowest BCUT2D eigenvalue weighted by Gasteiger charge is -2.08. The van der Waals surface area contributed by atoms with Crippen molar-refractivity contribution in [3.8, 4) is 11.1 Å². The fraction of sp³-hybridized carbons (Fsp3) is 0.111. The van der Waals surface area contributed by atoms with Crippen molar-refractivity contribution in [2.75, 3.05) is 5.75 Å². The number of hydrogen-bond donors (Lipinski definition) is 1. The van der Waals surface area contributed by atoms with Gasteiger partial charge in [0.05, 0.1) is 21.2 Å². The number of hydrogen-bond acceptors (Lipinski definition) is 4. The van der Waals surface area contributed by atoms with Gasteiger partial charge in [-0.3, -0.25) is 0 Å². The van der Waals surface area contributed by atoms with Gasteiger partial charge < -0.3 is 4.98 Å². The van der Waals surface area contributed by atoms with Gasteiger partial charge in [0, 0.05) is 28.7 Å². The van der Waals surface area contributed by atoms with Gasteiger partial charge in [0.1, 0.15) is 5.65 Å². The van der Waals surface area contributed by atoms with E-state index < -0.39 is 9.84 Å². The molecule has 3 aromatic heterocycles. The summed E-state index contributed by atoms with van der Waals surface area (Å²) in [6.07, 6.45) is 3.19. The van der Waals surface area contributed by atoms with Crippen LogP contribution in [0.2, 0.25) is 10.2 Å². The second-order valence-corrected chi connectivity index (χ2v) is 8.89. The Morgan fingerprint density at radius 3 is 2.69 bits per heavy atom. The standard InChI is InChI=1S/C18H13Cl2N3O2S/c1-2-26(24,25)12-5-3-4-10(6-12)14-9-21-17(20)16-15(14)13-7-11(19)8-22-18(13)23-16/h3-9H,2H2,1H3,(H,22,23). The number of sulfone groups is 1. The molecule has 0 aliphatic carbocycles. The molecule has 0 saturated carbocycles. The van der Waals surface area contributed by atoms with Gasteiger partial charge in [-0.1, -0.05) is 42.3 Å². The Morgan fingerprint density at radius 2 is 1.92 bits per heavy atom. The molecule has 4 aromatic rings. The molecule has 5 nitrogen and oxygen atoms in total. The zero-order valence-electron chi connectivity index (χ0n) is 13.6. The van der Waals surface area contributed by atoms with E-state index in [1.807, 2.05) is 6.07 Å². The number of aromatic nitrogens is 3. The molecule has 0 unspecified atom stereocenters. The molecule has 0 saturated heterocycles. The normalized spacial score (nSPS) is 12.1. The molecule has 0 aliphatic heterocycles. The number of aromatic amines is 1. The van der Waals surface area contributed by atoms with Crippen LogP contribution in [-0.4, -0.2) is 29.1 Å². The summed E-state index contributed by atoms with van der Waals surface area (Å²) in [6.45, 7) is 1.62. The molecule has 1 N–H and O–H groups in total. The topological polar surface area (TPSA) is 75.7 Å². The smallest absolute Gasteiger partial charge is 0.178 e. The summed E-state index contributed by atoms with van der Waals surface area (Å²) in [5.41, 5.74) is 2.76. The van der Waals surface area contributed by atoms with E-state index in [2.05, 4.69) is 15.0 Å². The molecule has 0 amide bonds. The Bertz CT molecular complexity index is 1270. The molecule has 0 radical (unpaired) electrons. The van der Waals surface area contributed by atoms with Gasteiger partial charge in [-0.2, -0.15) is 0 Å². The number of fused-ring (bicyclic) bond motifs is 3. The van der Waals surface area contributed by atoms with E-state index in [1.54, 1.807) is 43.6 Å². The highest BCUT2D eigenvalue weighted by Crippen LogP contribution is 2.37. The van der Waals surface area contributed by atoms with Crippen molar-refractivity contribution < 1.29 is 8.42 Å². The van der Waals surface area contributed by atoms with Crippen molar-refractivity contribution in [3.05, 3.63) is 52.9 Å². The first kappa shape index (κ1) is 17.3. The summed E-state index contributed by atoms with van der Waals surface area (Å²) in [5.74, 6) is 0.0390. The van der Waals surface area contributed by atoms with Gasteiger partial charge in [-0.25, -0.2) is 18.4 Å². The molecule has 8 heteroatoms. The number of nitrogens with zero attached hydrogens (tertiary/aromatic N) is 2. The number of rotatable bonds is 3. The van der Waals surface area contributed by atoms with Crippen LogP contribution in [0.1, 0.15) is 6.92 Å². The lowest BCUT2D eigenvalue weighted by molar-refractivity contribution is 0.597. The maximum Gasteiger partial charge on any atom is 0.178 e. The summed E-state index contributed by atoms with van der Waals surface area (Å²) < 4.78 is 24.5. The number of H-pyrrole nitrogens is 1. The average molecular weight is 406 g/mol. The minimum atomic E-state index is -3.31. The Balaban J connectivity index is 2.07. The van der Waals surface area contributed by atoms with E-state index in [9.17, 15) is 8.42 Å². The van der Waals surface area contributed by atoms with E-state index in [4.69, 9.17) is 23.2 Å². The van der Waals surface area contributed by atoms with E-state index in [-0.39, 0.29) is 10.6 Å². The van der Waals surface area contributed by atoms with Gasteiger partial charge in [0.25, 0.3) is 0 Å². The van der Waals surface area contributed by atoms with Crippen LogP contribution < -0.4 is 0 Å². The summed E-state index contributed by atoms with van der Waals surface area (Å²) in [5, 5.41) is 2.42. The van der Waals surface area contributed by atoms with Gasteiger partial charge in [0.2, 0.25) is 0 Å². The summed E-state index contributed by atoms with van der Waals surface area (Å²) >= 11 is 12.4. The van der Waals surface area contributed by atoms with Crippen molar-refractivity contribution in [2.24, 2.45) is 0 Å². The van der Waals surface area contributed by atoms with Crippen molar-refractivity contribution >= 4 is 55.0 Å². The molecule has 3 heterocycles. The van der Waals surface area contributed by atoms with E-state index in [0.29, 0.717) is 21.3 Å². The number of nitrogens with one attached hydrogen (secondary N) is 1. The van der Waals surface area contributed by atoms with Gasteiger partial charge in [0.15, 0.2) is 15.0 Å². The molecule has 0 spiro atoms. The highest BCUT2D eigenvalue weighted by Gasteiger charge is 2.17. The van der Waals surface area contributed by atoms with Crippen molar-refractivity contribution in [3.63, 3.8) is 0 Å². The van der Waals surface area contributed by atoms with E-state index in [1.165, 1.54) is 0 Å². The van der Waals surface area contributed by atoms with Crippen LogP contribution in [0.5, 0.6) is 0 Å². The van der Waals surface area contributed by atoms with Gasteiger partial charge in [-0.05, 0) is 23.8 Å².